The topological polar surface area (TPSA) is 141 Å². The molecule has 4 N–H and O–H groups in total. The minimum Gasteiger partial charge on any atom is -0.491 e. The van der Waals surface area contributed by atoms with Crippen molar-refractivity contribution in [1.82, 2.24) is 25.0 Å². The van der Waals surface area contributed by atoms with Crippen molar-refractivity contribution in [3.8, 4) is 5.75 Å². The summed E-state index contributed by atoms with van der Waals surface area (Å²) >= 11 is 0. The third kappa shape index (κ3) is 5.79. The third-order valence-corrected chi connectivity index (χ3v) is 7.53. The molecule has 11 heteroatoms. The van der Waals surface area contributed by atoms with E-state index in [4.69, 9.17) is 10.5 Å². The number of hydrogen-bond acceptors (Lipinski definition) is 6. The highest BCUT2D eigenvalue weighted by atomic mass is 16.5. The van der Waals surface area contributed by atoms with Crippen LogP contribution in [-0.4, -0.2) is 102 Å². The van der Waals surface area contributed by atoms with Crippen LogP contribution in [0.4, 0.5) is 0 Å². The number of para-hydroxylation sites is 1. The summed E-state index contributed by atoms with van der Waals surface area (Å²) in [6.07, 6.45) is 2.54. The number of aromatic nitrogens is 1. The maximum atomic E-state index is 13.4. The molecule has 1 saturated heterocycles. The van der Waals surface area contributed by atoms with Gasteiger partial charge in [-0.05, 0) is 36.2 Å². The molecule has 2 bridgehead atoms. The monoisotopic (exact) mass is 546 g/mol. The van der Waals surface area contributed by atoms with Crippen molar-refractivity contribution < 1.29 is 23.9 Å². The van der Waals surface area contributed by atoms with E-state index < -0.39 is 11.9 Å². The second-order valence-electron chi connectivity index (χ2n) is 10.6. The Bertz CT molecular complexity index is 1440. The van der Waals surface area contributed by atoms with Crippen LogP contribution in [-0.2, 0) is 20.8 Å². The zero-order valence-corrected chi connectivity index (χ0v) is 22.6. The lowest BCUT2D eigenvalue weighted by atomic mass is 10.1. The number of nitrogens with one attached hydrogen (secondary N) is 2. The maximum absolute atomic E-state index is 13.4. The molecule has 2 aliphatic rings. The number of H-pyrrole nitrogens is 1. The summed E-state index contributed by atoms with van der Waals surface area (Å²) in [6, 6.07) is 13.0. The van der Waals surface area contributed by atoms with E-state index in [9.17, 15) is 19.2 Å². The molecule has 3 heterocycles. The number of hydrogen-bond donors (Lipinski definition) is 3. The van der Waals surface area contributed by atoms with Gasteiger partial charge in [0.05, 0.1) is 19.0 Å². The van der Waals surface area contributed by atoms with Crippen LogP contribution in [0, 0.1) is 0 Å². The van der Waals surface area contributed by atoms with E-state index in [1.54, 1.807) is 36.2 Å². The Labute approximate surface area is 232 Å². The van der Waals surface area contributed by atoms with Gasteiger partial charge in [0.15, 0.2) is 0 Å². The number of aromatic amines is 1. The van der Waals surface area contributed by atoms with Crippen LogP contribution in [0.25, 0.3) is 10.9 Å². The molecule has 0 aliphatic carbocycles. The van der Waals surface area contributed by atoms with Crippen molar-refractivity contribution in [2.24, 2.45) is 5.73 Å². The summed E-state index contributed by atoms with van der Waals surface area (Å²) in [5, 5.41) is 4.07. The van der Waals surface area contributed by atoms with Crippen LogP contribution in [0.5, 0.6) is 5.75 Å². The molecule has 0 unspecified atom stereocenters. The zero-order chi connectivity index (χ0) is 28.4. The largest absolute Gasteiger partial charge is 0.491 e. The Balaban J connectivity index is 1.33. The molecular formula is C29H34N6O5. The predicted molar refractivity (Wildman–Crippen MR) is 149 cm³/mol. The number of benzene rings is 2. The predicted octanol–water partition coefficient (Wildman–Crippen LogP) is 0.746. The van der Waals surface area contributed by atoms with E-state index in [-0.39, 0.29) is 55.9 Å². The molecule has 0 spiro atoms. The summed E-state index contributed by atoms with van der Waals surface area (Å²) < 4.78 is 6.04. The molecule has 11 nitrogen and oxygen atoms in total. The van der Waals surface area contributed by atoms with Gasteiger partial charge in [0, 0.05) is 55.9 Å². The first kappa shape index (κ1) is 27.2. The fourth-order valence-corrected chi connectivity index (χ4v) is 5.46. The molecule has 4 amide bonds. The highest BCUT2D eigenvalue weighted by molar-refractivity contribution is 5.95. The van der Waals surface area contributed by atoms with E-state index in [2.05, 4.69) is 10.3 Å². The fraction of sp³-hybridized carbons (Fsp3) is 0.379. The second kappa shape index (κ2) is 11.4. The van der Waals surface area contributed by atoms with Crippen LogP contribution < -0.4 is 15.8 Å². The summed E-state index contributed by atoms with van der Waals surface area (Å²) in [5.74, 6) is -0.640. The number of nitrogens with zero attached hydrogens (tertiary/aromatic N) is 3. The lowest BCUT2D eigenvalue weighted by Crippen LogP contribution is -2.52. The number of likely N-dealkylation sites (N-methyl/N-ethyl adjacent to an activating group) is 2. The summed E-state index contributed by atoms with van der Waals surface area (Å²) in [4.78, 5) is 59.7. The lowest BCUT2D eigenvalue weighted by Gasteiger charge is -2.28. The van der Waals surface area contributed by atoms with Gasteiger partial charge in [0.25, 0.3) is 5.91 Å². The van der Waals surface area contributed by atoms with Gasteiger partial charge >= 0.3 is 0 Å². The van der Waals surface area contributed by atoms with E-state index in [0.29, 0.717) is 24.3 Å². The Morgan fingerprint density at radius 1 is 1.07 bits per heavy atom. The van der Waals surface area contributed by atoms with Crippen LogP contribution in [0.3, 0.4) is 0 Å². The quantitative estimate of drug-likeness (QED) is 0.443. The molecule has 0 saturated carbocycles. The fourth-order valence-electron chi connectivity index (χ4n) is 5.46. The van der Waals surface area contributed by atoms with Gasteiger partial charge in [-0.1, -0.05) is 24.3 Å². The van der Waals surface area contributed by atoms with Crippen LogP contribution in [0.2, 0.25) is 0 Å². The average Bonchev–Trinajstić information content (AvgIpc) is 3.54. The number of carbonyl (C=O) groups is 4. The van der Waals surface area contributed by atoms with Gasteiger partial charge in [-0.3, -0.25) is 19.2 Å². The van der Waals surface area contributed by atoms with Gasteiger partial charge in [-0.2, -0.15) is 0 Å². The Kier molecular flexibility index (Phi) is 7.74. The molecule has 40 heavy (non-hydrogen) atoms. The average molecular weight is 547 g/mol. The Morgan fingerprint density at radius 2 is 1.88 bits per heavy atom. The SMILES string of the molecule is CN1C[C@H](N)C(=O)N(C)CC(=O)N2C[C@@H](NC(=O)Cc3c[nH]c4ccccc34)C[C@H]2COc2cccc(c2)C1=O. The van der Waals surface area contributed by atoms with Gasteiger partial charge in [0.1, 0.15) is 18.4 Å². The summed E-state index contributed by atoms with van der Waals surface area (Å²) in [6.45, 7) is 0.287. The van der Waals surface area contributed by atoms with Crippen molar-refractivity contribution in [3.63, 3.8) is 0 Å². The van der Waals surface area contributed by atoms with Gasteiger partial charge in [-0.25, -0.2) is 0 Å². The number of ether oxygens (including phenoxy) is 1. The third-order valence-electron chi connectivity index (χ3n) is 7.53. The Morgan fingerprint density at radius 3 is 2.70 bits per heavy atom. The van der Waals surface area contributed by atoms with E-state index >= 15 is 0 Å². The second-order valence-corrected chi connectivity index (χ2v) is 10.6. The van der Waals surface area contributed by atoms with E-state index in [1.807, 2.05) is 30.5 Å². The van der Waals surface area contributed by atoms with Gasteiger partial charge in [0.2, 0.25) is 17.7 Å². The smallest absolute Gasteiger partial charge is 0.253 e. The van der Waals surface area contributed by atoms with Gasteiger partial charge < -0.3 is 35.5 Å². The molecule has 0 radical (unpaired) electrons. The van der Waals surface area contributed by atoms with Crippen LogP contribution in [0.1, 0.15) is 22.3 Å². The van der Waals surface area contributed by atoms with E-state index in [1.165, 1.54) is 16.8 Å². The molecule has 2 aliphatic heterocycles. The van der Waals surface area contributed by atoms with Crippen molar-refractivity contribution in [2.45, 2.75) is 31.0 Å². The normalized spacial score (nSPS) is 22.5. The summed E-state index contributed by atoms with van der Waals surface area (Å²) in [7, 11) is 3.10. The lowest BCUT2D eigenvalue weighted by molar-refractivity contribution is -0.141. The van der Waals surface area contributed by atoms with Crippen molar-refractivity contribution in [2.75, 3.05) is 40.3 Å². The molecule has 3 aromatic rings. The molecule has 210 valence electrons. The zero-order valence-electron chi connectivity index (χ0n) is 22.6. The number of carbonyl (C=O) groups excluding carboxylic acids is 4. The number of amides is 4. The standard InChI is InChI=1S/C29H34N6O5/c1-33-15-24(30)29(39)34(2)16-27(37)35-14-20(12-21(35)17-40-22-7-5-6-18(10-22)28(33)38)32-26(36)11-19-13-31-25-9-4-3-8-23(19)25/h3-10,13,20-21,24,31H,11-12,14-17,30H2,1-2H3,(H,32,36)/t20-,21-,24-/m0/s1. The van der Waals surface area contributed by atoms with E-state index in [0.717, 1.165) is 16.5 Å². The van der Waals surface area contributed by atoms with Crippen molar-refractivity contribution >= 4 is 34.5 Å². The Hall–Kier alpha value is -4.38. The van der Waals surface area contributed by atoms with Crippen molar-refractivity contribution in [3.05, 3.63) is 65.9 Å². The molecule has 1 fully saturated rings. The first-order valence-corrected chi connectivity index (χ1v) is 13.3. The summed E-state index contributed by atoms with van der Waals surface area (Å²) in [5.41, 5.74) is 8.39. The maximum Gasteiger partial charge on any atom is 0.253 e. The molecule has 1 aromatic heterocycles. The van der Waals surface area contributed by atoms with Crippen molar-refractivity contribution in [1.29, 1.82) is 0 Å². The number of fused-ring (bicyclic) bond motifs is 4. The van der Waals surface area contributed by atoms with Crippen LogP contribution >= 0.6 is 0 Å². The first-order valence-electron chi connectivity index (χ1n) is 13.3. The first-order chi connectivity index (χ1) is 19.2. The van der Waals surface area contributed by atoms with Crippen LogP contribution in [0.15, 0.2) is 54.7 Å². The highest BCUT2D eigenvalue weighted by Crippen LogP contribution is 2.23. The molecule has 3 atom stereocenters. The van der Waals surface area contributed by atoms with Gasteiger partial charge in [-0.15, -0.1) is 0 Å². The minimum atomic E-state index is -0.984. The highest BCUT2D eigenvalue weighted by Gasteiger charge is 2.37. The molecular weight excluding hydrogens is 512 g/mol. The molecule has 2 aromatic carbocycles. The number of rotatable bonds is 3. The minimum absolute atomic E-state index is 0.00183. The number of nitrogens with two attached hydrogens (primary N) is 1. The molecule has 5 rings (SSSR count).